The molecule has 0 unspecified atom stereocenters. The Bertz CT molecular complexity index is 458. The van der Waals surface area contributed by atoms with Gasteiger partial charge in [-0.1, -0.05) is 19.2 Å². The summed E-state index contributed by atoms with van der Waals surface area (Å²) in [7, 11) is 0. The van der Waals surface area contributed by atoms with Gasteiger partial charge in [0, 0.05) is 0 Å². The van der Waals surface area contributed by atoms with E-state index in [2.05, 4.69) is 27.6 Å². The van der Waals surface area contributed by atoms with Crippen molar-refractivity contribution in [1.29, 1.82) is 0 Å². The van der Waals surface area contributed by atoms with Gasteiger partial charge in [-0.05, 0) is 12.1 Å². The van der Waals surface area contributed by atoms with Crippen LogP contribution in [0.2, 0.25) is 0 Å². The molecular formula is C13H13NO6. The number of hydrogen-bond acceptors (Lipinski definition) is 7. The molecule has 1 aromatic heterocycles. The lowest BCUT2D eigenvalue weighted by Gasteiger charge is -2.06. The van der Waals surface area contributed by atoms with Gasteiger partial charge in [-0.15, -0.1) is 0 Å². The van der Waals surface area contributed by atoms with Crippen molar-refractivity contribution in [3.8, 4) is 0 Å². The number of nitrogens with zero attached hydrogens (tertiary/aromatic N) is 1. The van der Waals surface area contributed by atoms with Gasteiger partial charge in [-0.3, -0.25) is 4.98 Å². The summed E-state index contributed by atoms with van der Waals surface area (Å²) in [6.07, 6.45) is 0.173. The number of carbonyl (C=O) groups excluding carboxylic acids is 2. The van der Waals surface area contributed by atoms with Gasteiger partial charge in [0.1, 0.15) is 13.2 Å². The Labute approximate surface area is 115 Å². The topological polar surface area (TPSA) is 84.0 Å². The van der Waals surface area contributed by atoms with Crippen molar-refractivity contribution in [3.63, 3.8) is 0 Å². The fourth-order valence-electron chi connectivity index (χ4n) is 1.16. The van der Waals surface area contributed by atoms with Gasteiger partial charge in [-0.25, -0.2) is 9.59 Å². The van der Waals surface area contributed by atoms with E-state index < -0.39 is 12.3 Å². The third-order valence-electron chi connectivity index (χ3n) is 1.90. The van der Waals surface area contributed by atoms with E-state index in [-0.39, 0.29) is 13.2 Å². The predicted molar refractivity (Wildman–Crippen MR) is 67.2 cm³/mol. The van der Waals surface area contributed by atoms with E-state index in [0.717, 1.165) is 12.5 Å². The van der Waals surface area contributed by atoms with Crippen LogP contribution in [-0.4, -0.2) is 17.3 Å². The molecule has 0 fully saturated rings. The maximum Gasteiger partial charge on any atom is 0.513 e. The second kappa shape index (κ2) is 8.30. The molecule has 0 saturated heterocycles. The summed E-state index contributed by atoms with van der Waals surface area (Å²) < 4.78 is 18.3. The molecule has 1 heterocycles. The highest BCUT2D eigenvalue weighted by Crippen LogP contribution is 2.04. The highest BCUT2D eigenvalue weighted by molar-refractivity contribution is 5.60. The SMILES string of the molecule is C=COC(=O)OCc1cccc(COC(=O)OC=C)n1. The molecule has 106 valence electrons. The zero-order valence-electron chi connectivity index (χ0n) is 10.6. The minimum absolute atomic E-state index is 0.0718. The minimum atomic E-state index is -0.877. The average Bonchev–Trinajstić information content (AvgIpc) is 2.44. The standard InChI is InChI=1S/C13H13NO6/c1-3-17-12(15)19-8-10-6-5-7-11(14-10)9-20-13(16)18-4-2/h3-7H,1-2,8-9H2. The summed E-state index contributed by atoms with van der Waals surface area (Å²) in [6, 6.07) is 4.97. The van der Waals surface area contributed by atoms with Crippen LogP contribution in [0.15, 0.2) is 43.9 Å². The lowest BCUT2D eigenvalue weighted by molar-refractivity contribution is 0.0761. The summed E-state index contributed by atoms with van der Waals surface area (Å²) in [5.41, 5.74) is 0.952. The molecule has 0 radical (unpaired) electrons. The predicted octanol–water partition coefficient (Wildman–Crippen LogP) is 2.68. The van der Waals surface area contributed by atoms with Crippen LogP contribution in [0.25, 0.3) is 0 Å². The van der Waals surface area contributed by atoms with E-state index in [4.69, 9.17) is 9.47 Å². The van der Waals surface area contributed by atoms with Crippen LogP contribution in [0.5, 0.6) is 0 Å². The molecule has 0 spiro atoms. The average molecular weight is 279 g/mol. The Morgan fingerprint density at radius 1 is 1.00 bits per heavy atom. The monoisotopic (exact) mass is 279 g/mol. The summed E-state index contributed by atoms with van der Waals surface area (Å²) in [5.74, 6) is 0. The molecule has 1 rings (SSSR count). The van der Waals surface area contributed by atoms with Gasteiger partial charge in [-0.2, -0.15) is 0 Å². The normalized spacial score (nSPS) is 9.20. The van der Waals surface area contributed by atoms with E-state index >= 15 is 0 Å². The van der Waals surface area contributed by atoms with E-state index in [0.29, 0.717) is 11.4 Å². The first kappa shape index (κ1) is 15.2. The maximum atomic E-state index is 10.9. The van der Waals surface area contributed by atoms with Gasteiger partial charge < -0.3 is 18.9 Å². The number of rotatable bonds is 6. The third-order valence-corrected chi connectivity index (χ3v) is 1.90. The van der Waals surface area contributed by atoms with Crippen LogP contribution in [0, 0.1) is 0 Å². The molecule has 7 heteroatoms. The Morgan fingerprint density at radius 3 is 1.85 bits per heavy atom. The van der Waals surface area contributed by atoms with Crippen molar-refractivity contribution < 1.29 is 28.5 Å². The summed E-state index contributed by atoms with van der Waals surface area (Å²) >= 11 is 0. The van der Waals surface area contributed by atoms with E-state index in [1.165, 1.54) is 0 Å². The molecule has 0 N–H and O–H groups in total. The first-order valence-corrected chi connectivity index (χ1v) is 5.49. The van der Waals surface area contributed by atoms with Crippen molar-refractivity contribution in [1.82, 2.24) is 4.98 Å². The van der Waals surface area contributed by atoms with Gasteiger partial charge >= 0.3 is 12.3 Å². The summed E-state index contributed by atoms with van der Waals surface area (Å²) in [6.45, 7) is 6.30. The molecule has 0 aliphatic carbocycles. The smallest absolute Gasteiger partial charge is 0.427 e. The van der Waals surface area contributed by atoms with Crippen LogP contribution in [-0.2, 0) is 32.2 Å². The van der Waals surface area contributed by atoms with Crippen molar-refractivity contribution in [2.24, 2.45) is 0 Å². The Balaban J connectivity index is 2.48. The zero-order valence-corrected chi connectivity index (χ0v) is 10.6. The maximum absolute atomic E-state index is 10.9. The molecule has 20 heavy (non-hydrogen) atoms. The van der Waals surface area contributed by atoms with E-state index in [9.17, 15) is 9.59 Å². The molecule has 7 nitrogen and oxygen atoms in total. The lowest BCUT2D eigenvalue weighted by atomic mass is 10.3. The fraction of sp³-hybridized carbons (Fsp3) is 0.154. The Kier molecular flexibility index (Phi) is 6.32. The van der Waals surface area contributed by atoms with Crippen LogP contribution in [0.3, 0.4) is 0 Å². The lowest BCUT2D eigenvalue weighted by Crippen LogP contribution is -2.07. The zero-order chi connectivity index (χ0) is 14.8. The molecule has 0 aromatic carbocycles. The molecule has 0 atom stereocenters. The van der Waals surface area contributed by atoms with Crippen LogP contribution in [0.1, 0.15) is 11.4 Å². The second-order valence-electron chi connectivity index (χ2n) is 3.27. The first-order valence-electron chi connectivity index (χ1n) is 5.49. The van der Waals surface area contributed by atoms with Gasteiger partial charge in [0.05, 0.1) is 23.9 Å². The summed E-state index contributed by atoms with van der Waals surface area (Å²) in [4.78, 5) is 26.0. The molecule has 0 aliphatic heterocycles. The minimum Gasteiger partial charge on any atom is -0.427 e. The number of carbonyl (C=O) groups is 2. The van der Waals surface area contributed by atoms with Crippen molar-refractivity contribution >= 4 is 12.3 Å². The van der Waals surface area contributed by atoms with Gasteiger partial charge in [0.15, 0.2) is 0 Å². The van der Waals surface area contributed by atoms with Crippen molar-refractivity contribution in [3.05, 3.63) is 55.3 Å². The largest absolute Gasteiger partial charge is 0.513 e. The molecule has 0 saturated carbocycles. The molecular weight excluding hydrogens is 266 g/mol. The Hall–Kier alpha value is -2.83. The highest BCUT2D eigenvalue weighted by atomic mass is 16.7. The Morgan fingerprint density at radius 2 is 1.45 bits per heavy atom. The molecule has 0 aliphatic rings. The quantitative estimate of drug-likeness (QED) is 0.584. The van der Waals surface area contributed by atoms with Crippen molar-refractivity contribution in [2.75, 3.05) is 0 Å². The number of ether oxygens (including phenoxy) is 4. The van der Waals surface area contributed by atoms with Crippen LogP contribution >= 0.6 is 0 Å². The fourth-order valence-corrected chi connectivity index (χ4v) is 1.16. The number of hydrogen-bond donors (Lipinski definition) is 0. The highest BCUT2D eigenvalue weighted by Gasteiger charge is 2.06. The molecule has 0 amide bonds. The number of aromatic nitrogens is 1. The van der Waals surface area contributed by atoms with E-state index in [1.807, 2.05) is 0 Å². The van der Waals surface area contributed by atoms with Crippen LogP contribution in [0.4, 0.5) is 9.59 Å². The number of pyridine rings is 1. The van der Waals surface area contributed by atoms with Gasteiger partial charge in [0.25, 0.3) is 0 Å². The van der Waals surface area contributed by atoms with E-state index in [1.54, 1.807) is 18.2 Å². The second-order valence-corrected chi connectivity index (χ2v) is 3.27. The third kappa shape index (κ3) is 5.67. The van der Waals surface area contributed by atoms with Crippen LogP contribution < -0.4 is 0 Å². The first-order chi connectivity index (χ1) is 9.65. The summed E-state index contributed by atoms with van der Waals surface area (Å²) in [5, 5.41) is 0. The molecule has 0 bridgehead atoms. The molecule has 1 aromatic rings. The van der Waals surface area contributed by atoms with Gasteiger partial charge in [0.2, 0.25) is 0 Å². The van der Waals surface area contributed by atoms with Crippen molar-refractivity contribution in [2.45, 2.75) is 13.2 Å².